The van der Waals surface area contributed by atoms with Gasteiger partial charge in [0.2, 0.25) is 15.9 Å². The highest BCUT2D eigenvalue weighted by Crippen LogP contribution is 2.26. The van der Waals surface area contributed by atoms with Crippen molar-refractivity contribution in [3.63, 3.8) is 0 Å². The van der Waals surface area contributed by atoms with Crippen molar-refractivity contribution in [1.29, 1.82) is 5.26 Å². The van der Waals surface area contributed by atoms with E-state index in [4.69, 9.17) is 5.26 Å². The third kappa shape index (κ3) is 4.80. The van der Waals surface area contributed by atoms with Gasteiger partial charge in [0.15, 0.2) is 0 Å². The summed E-state index contributed by atoms with van der Waals surface area (Å²) < 4.78 is 27.8. The number of nitriles is 1. The van der Waals surface area contributed by atoms with Crippen molar-refractivity contribution in [1.82, 2.24) is 14.1 Å². The molecule has 1 aromatic rings. The highest BCUT2D eigenvalue weighted by molar-refractivity contribution is 7.89. The molecule has 0 aromatic heterocycles. The largest absolute Gasteiger partial charge is 0.343 e. The zero-order chi connectivity index (χ0) is 21.0. The Bertz CT molecular complexity index is 886. The Kier molecular flexibility index (Phi) is 6.93. The van der Waals surface area contributed by atoms with E-state index in [-0.39, 0.29) is 11.9 Å². The molecule has 1 amide bonds. The molecule has 158 valence electrons. The molecule has 1 unspecified atom stereocenters. The number of hydrogen-bond donors (Lipinski definition) is 0. The first-order valence-corrected chi connectivity index (χ1v) is 11.8. The topological polar surface area (TPSA) is 84.7 Å². The molecule has 1 aliphatic carbocycles. The zero-order valence-electron chi connectivity index (χ0n) is 17.3. The molecule has 1 atom stereocenters. The Morgan fingerprint density at radius 1 is 1.17 bits per heavy atom. The first-order valence-electron chi connectivity index (χ1n) is 10.3. The van der Waals surface area contributed by atoms with Crippen LogP contribution in [0.3, 0.4) is 0 Å². The van der Waals surface area contributed by atoms with Gasteiger partial charge in [-0.25, -0.2) is 8.42 Å². The van der Waals surface area contributed by atoms with Crippen LogP contribution in [0.15, 0.2) is 23.1 Å². The van der Waals surface area contributed by atoms with Gasteiger partial charge in [0.1, 0.15) is 0 Å². The maximum atomic E-state index is 13.1. The SMILES string of the molecule is CC(C(=O)N(C)CCC#N)N1CCN(S(=O)(=O)c2ccc3c(c2)CCCC3)CC1. The monoisotopic (exact) mass is 418 g/mol. The zero-order valence-corrected chi connectivity index (χ0v) is 18.1. The van der Waals surface area contributed by atoms with Crippen LogP contribution in [-0.2, 0) is 27.7 Å². The van der Waals surface area contributed by atoms with Gasteiger partial charge in [0, 0.05) is 39.8 Å². The molecule has 0 N–H and O–H groups in total. The lowest BCUT2D eigenvalue weighted by Gasteiger charge is -2.37. The van der Waals surface area contributed by atoms with Crippen LogP contribution in [0.25, 0.3) is 0 Å². The number of fused-ring (bicyclic) bond motifs is 1. The number of nitrogens with zero attached hydrogens (tertiary/aromatic N) is 4. The number of aryl methyl sites for hydroxylation is 2. The van der Waals surface area contributed by atoms with Crippen molar-refractivity contribution < 1.29 is 13.2 Å². The van der Waals surface area contributed by atoms with Gasteiger partial charge >= 0.3 is 0 Å². The fourth-order valence-corrected chi connectivity index (χ4v) is 5.63. The number of carbonyl (C=O) groups excluding carboxylic acids is 1. The Hall–Kier alpha value is -1.95. The number of rotatable bonds is 6. The fourth-order valence-electron chi connectivity index (χ4n) is 4.15. The molecule has 1 saturated heterocycles. The van der Waals surface area contributed by atoms with Crippen molar-refractivity contribution in [3.05, 3.63) is 29.3 Å². The van der Waals surface area contributed by atoms with Crippen molar-refractivity contribution >= 4 is 15.9 Å². The van der Waals surface area contributed by atoms with E-state index in [9.17, 15) is 13.2 Å². The molecule has 0 radical (unpaired) electrons. The summed E-state index contributed by atoms with van der Waals surface area (Å²) in [6.07, 6.45) is 4.57. The van der Waals surface area contributed by atoms with E-state index in [0.717, 1.165) is 24.8 Å². The average molecular weight is 419 g/mol. The van der Waals surface area contributed by atoms with E-state index >= 15 is 0 Å². The summed E-state index contributed by atoms with van der Waals surface area (Å²) in [6.45, 7) is 4.04. The normalized spacial score (nSPS) is 19.2. The lowest BCUT2D eigenvalue weighted by atomic mass is 9.92. The van der Waals surface area contributed by atoms with Gasteiger partial charge in [-0.2, -0.15) is 9.57 Å². The van der Waals surface area contributed by atoms with Gasteiger partial charge in [-0.05, 0) is 55.9 Å². The molecule has 1 fully saturated rings. The molecule has 8 heteroatoms. The van der Waals surface area contributed by atoms with Gasteiger partial charge in [0.25, 0.3) is 0 Å². The van der Waals surface area contributed by atoms with Gasteiger partial charge in [-0.15, -0.1) is 0 Å². The number of piperazine rings is 1. The van der Waals surface area contributed by atoms with E-state index in [1.165, 1.54) is 16.3 Å². The molecule has 2 aliphatic rings. The molecular weight excluding hydrogens is 388 g/mol. The molecule has 0 saturated carbocycles. The molecule has 3 rings (SSSR count). The van der Waals surface area contributed by atoms with Gasteiger partial charge in [-0.1, -0.05) is 6.07 Å². The van der Waals surface area contributed by atoms with E-state index in [1.54, 1.807) is 18.0 Å². The molecule has 0 spiro atoms. The lowest BCUT2D eigenvalue weighted by Crippen LogP contribution is -2.55. The summed E-state index contributed by atoms with van der Waals surface area (Å²) in [5.74, 6) is -0.0359. The predicted octanol–water partition coefficient (Wildman–Crippen LogP) is 1.63. The third-order valence-corrected chi connectivity index (χ3v) is 7.97. The molecule has 1 aliphatic heterocycles. The molecular formula is C21H30N4O3S. The molecule has 1 heterocycles. The van der Waals surface area contributed by atoms with Gasteiger partial charge in [-0.3, -0.25) is 9.69 Å². The van der Waals surface area contributed by atoms with Crippen molar-refractivity contribution in [2.45, 2.75) is 50.0 Å². The first kappa shape index (κ1) is 21.8. The summed E-state index contributed by atoms with van der Waals surface area (Å²) in [5, 5.41) is 8.69. The van der Waals surface area contributed by atoms with Gasteiger partial charge in [0.05, 0.1) is 23.4 Å². The predicted molar refractivity (Wildman–Crippen MR) is 111 cm³/mol. The fraction of sp³-hybridized carbons (Fsp3) is 0.619. The van der Waals surface area contributed by atoms with Crippen LogP contribution in [0, 0.1) is 11.3 Å². The Labute approximate surface area is 173 Å². The van der Waals surface area contributed by atoms with E-state index < -0.39 is 10.0 Å². The standard InChI is InChI=1S/C21H30N4O3S/c1-17(21(26)23(2)11-5-10-22)24-12-14-25(15-13-24)29(27,28)20-9-8-18-6-3-4-7-19(18)16-20/h8-9,16-17H,3-7,11-15H2,1-2H3. The smallest absolute Gasteiger partial charge is 0.243 e. The lowest BCUT2D eigenvalue weighted by molar-refractivity contribution is -0.135. The second kappa shape index (κ2) is 9.24. The van der Waals surface area contributed by atoms with Crippen LogP contribution in [0.5, 0.6) is 0 Å². The van der Waals surface area contributed by atoms with Crippen molar-refractivity contribution in [2.75, 3.05) is 39.8 Å². The minimum atomic E-state index is -3.52. The Balaban J connectivity index is 1.62. The van der Waals surface area contributed by atoms with Crippen LogP contribution in [-0.4, -0.2) is 74.2 Å². The minimum Gasteiger partial charge on any atom is -0.343 e. The second-order valence-corrected chi connectivity index (χ2v) is 9.86. The van der Waals surface area contributed by atoms with Crippen LogP contribution in [0.4, 0.5) is 0 Å². The maximum Gasteiger partial charge on any atom is 0.243 e. The van der Waals surface area contributed by atoms with Crippen molar-refractivity contribution in [2.24, 2.45) is 0 Å². The highest BCUT2D eigenvalue weighted by Gasteiger charge is 2.33. The highest BCUT2D eigenvalue weighted by atomic mass is 32.2. The van der Waals surface area contributed by atoms with Crippen molar-refractivity contribution in [3.8, 4) is 6.07 Å². The minimum absolute atomic E-state index is 0.0359. The number of amides is 1. The van der Waals surface area contributed by atoms with Crippen LogP contribution in [0.1, 0.15) is 37.3 Å². The third-order valence-electron chi connectivity index (χ3n) is 6.07. The van der Waals surface area contributed by atoms with Crippen LogP contribution < -0.4 is 0 Å². The number of hydrogen-bond acceptors (Lipinski definition) is 5. The van der Waals surface area contributed by atoms with E-state index in [0.29, 0.717) is 44.0 Å². The Morgan fingerprint density at radius 3 is 2.48 bits per heavy atom. The maximum absolute atomic E-state index is 13.1. The molecule has 1 aromatic carbocycles. The molecule has 29 heavy (non-hydrogen) atoms. The summed E-state index contributed by atoms with van der Waals surface area (Å²) in [7, 11) is -1.82. The van der Waals surface area contributed by atoms with Crippen LogP contribution >= 0.6 is 0 Å². The number of sulfonamides is 1. The number of carbonyl (C=O) groups is 1. The summed E-state index contributed by atoms with van der Waals surface area (Å²) in [4.78, 5) is 16.5. The molecule has 0 bridgehead atoms. The van der Waals surface area contributed by atoms with E-state index in [2.05, 4.69) is 0 Å². The Morgan fingerprint density at radius 2 is 1.83 bits per heavy atom. The number of likely N-dealkylation sites (N-methyl/N-ethyl adjacent to an activating group) is 1. The first-order chi connectivity index (χ1) is 13.8. The summed E-state index contributed by atoms with van der Waals surface area (Å²) in [5.41, 5.74) is 2.43. The van der Waals surface area contributed by atoms with Crippen LogP contribution in [0.2, 0.25) is 0 Å². The average Bonchev–Trinajstić information content (AvgIpc) is 2.76. The van der Waals surface area contributed by atoms with Gasteiger partial charge < -0.3 is 4.90 Å². The van der Waals surface area contributed by atoms with E-state index in [1.807, 2.05) is 30.0 Å². The quantitative estimate of drug-likeness (QED) is 0.701. The number of benzene rings is 1. The summed E-state index contributed by atoms with van der Waals surface area (Å²) >= 11 is 0. The second-order valence-electron chi connectivity index (χ2n) is 7.92. The summed E-state index contributed by atoms with van der Waals surface area (Å²) in [6, 6.07) is 7.28. The molecule has 7 nitrogen and oxygen atoms in total.